The van der Waals surface area contributed by atoms with E-state index < -0.39 is 0 Å². The molecule has 0 bridgehead atoms. The van der Waals surface area contributed by atoms with Gasteiger partial charge in [-0.05, 0) is 34.7 Å². The molecule has 0 spiro atoms. The third-order valence-corrected chi connectivity index (χ3v) is 4.94. The molecule has 0 fully saturated rings. The van der Waals surface area contributed by atoms with E-state index in [4.69, 9.17) is 23.2 Å². The normalized spacial score (nSPS) is 12.6. The first-order valence-corrected chi connectivity index (χ1v) is 7.90. The Balaban J connectivity index is 2.14. The highest BCUT2D eigenvalue weighted by Gasteiger charge is 2.14. The summed E-state index contributed by atoms with van der Waals surface area (Å²) in [6, 6.07) is 20.1. The Morgan fingerprint density at radius 3 is 2.10 bits per heavy atom. The van der Waals surface area contributed by atoms with Crippen molar-refractivity contribution < 1.29 is 0 Å². The molecule has 0 heterocycles. The van der Waals surface area contributed by atoms with E-state index >= 15 is 0 Å². The third kappa shape index (κ3) is 2.58. The van der Waals surface area contributed by atoms with Crippen LogP contribution >= 0.6 is 39.1 Å². The van der Waals surface area contributed by atoms with E-state index in [1.54, 1.807) is 0 Å². The molecule has 0 aromatic heterocycles. The molecule has 3 aromatic carbocycles. The molecule has 3 aromatic rings. The minimum absolute atomic E-state index is 0.113. The van der Waals surface area contributed by atoms with Crippen molar-refractivity contribution in [1.82, 2.24) is 0 Å². The molecule has 0 saturated carbocycles. The molecule has 0 N–H and O–H groups in total. The first-order chi connectivity index (χ1) is 9.66. The topological polar surface area (TPSA) is 0 Å². The van der Waals surface area contributed by atoms with Gasteiger partial charge in [-0.3, -0.25) is 0 Å². The van der Waals surface area contributed by atoms with Crippen LogP contribution < -0.4 is 0 Å². The fraction of sp³-hybridized carbons (Fsp3) is 0.0588. The zero-order valence-corrected chi connectivity index (χ0v) is 13.6. The van der Waals surface area contributed by atoms with Crippen LogP contribution in [0.15, 0.2) is 60.7 Å². The molecule has 0 radical (unpaired) electrons. The fourth-order valence-corrected chi connectivity index (χ4v) is 3.38. The SMILES string of the molecule is Clc1ccc(C(Br)c2ccc(Cl)c3ccccc23)cc1. The number of benzene rings is 3. The van der Waals surface area contributed by atoms with Crippen molar-refractivity contribution in [3.8, 4) is 0 Å². The monoisotopic (exact) mass is 364 g/mol. The molecule has 0 aliphatic rings. The first kappa shape index (κ1) is 13.9. The highest BCUT2D eigenvalue weighted by atomic mass is 79.9. The Labute approximate surface area is 136 Å². The Hall–Kier alpha value is -1.02. The van der Waals surface area contributed by atoms with Gasteiger partial charge in [0.15, 0.2) is 0 Å². The van der Waals surface area contributed by atoms with E-state index in [9.17, 15) is 0 Å². The van der Waals surface area contributed by atoms with Gasteiger partial charge in [0.2, 0.25) is 0 Å². The van der Waals surface area contributed by atoms with Gasteiger partial charge in [-0.2, -0.15) is 0 Å². The zero-order chi connectivity index (χ0) is 14.1. The second-order valence-corrected chi connectivity index (χ2v) is 6.36. The molecule has 0 amide bonds. The maximum Gasteiger partial charge on any atom is 0.0650 e. The molecular formula is C17H11BrCl2. The van der Waals surface area contributed by atoms with E-state index in [0.29, 0.717) is 0 Å². The second-order valence-electron chi connectivity index (χ2n) is 4.60. The van der Waals surface area contributed by atoms with E-state index in [2.05, 4.69) is 28.1 Å². The lowest BCUT2D eigenvalue weighted by atomic mass is 9.98. The number of halogens is 3. The standard InChI is InChI=1S/C17H11BrCl2/c18-17(11-5-7-12(19)8-6-11)15-9-10-16(20)14-4-2-1-3-13(14)15/h1-10,17H. The van der Waals surface area contributed by atoms with Crippen LogP contribution in [0.2, 0.25) is 10.0 Å². The van der Waals surface area contributed by atoms with Gasteiger partial charge >= 0.3 is 0 Å². The average molecular weight is 366 g/mol. The highest BCUT2D eigenvalue weighted by molar-refractivity contribution is 9.09. The van der Waals surface area contributed by atoms with Crippen LogP contribution in [0.4, 0.5) is 0 Å². The van der Waals surface area contributed by atoms with Gasteiger partial charge in [0.25, 0.3) is 0 Å². The molecule has 0 saturated heterocycles. The third-order valence-electron chi connectivity index (χ3n) is 3.34. The molecular weight excluding hydrogens is 355 g/mol. The summed E-state index contributed by atoms with van der Waals surface area (Å²) >= 11 is 16.0. The lowest BCUT2D eigenvalue weighted by Crippen LogP contribution is -1.94. The van der Waals surface area contributed by atoms with Crippen LogP contribution in [0.1, 0.15) is 16.0 Å². The van der Waals surface area contributed by atoms with Gasteiger partial charge in [-0.25, -0.2) is 0 Å². The number of hydrogen-bond acceptors (Lipinski definition) is 0. The molecule has 3 rings (SSSR count). The average Bonchev–Trinajstić information content (AvgIpc) is 2.48. The van der Waals surface area contributed by atoms with Crippen molar-refractivity contribution in [2.45, 2.75) is 4.83 Å². The minimum atomic E-state index is 0.113. The van der Waals surface area contributed by atoms with Gasteiger partial charge in [0, 0.05) is 15.4 Å². The summed E-state index contributed by atoms with van der Waals surface area (Å²) in [7, 11) is 0. The quantitative estimate of drug-likeness (QED) is 0.447. The smallest absolute Gasteiger partial charge is 0.0650 e. The number of hydrogen-bond donors (Lipinski definition) is 0. The van der Waals surface area contributed by atoms with Gasteiger partial charge in [0.05, 0.1) is 4.83 Å². The Morgan fingerprint density at radius 2 is 1.40 bits per heavy atom. The fourth-order valence-electron chi connectivity index (χ4n) is 2.32. The molecule has 20 heavy (non-hydrogen) atoms. The van der Waals surface area contributed by atoms with Crippen LogP contribution in [0.5, 0.6) is 0 Å². The minimum Gasteiger partial charge on any atom is -0.0843 e. The second kappa shape index (κ2) is 5.77. The lowest BCUT2D eigenvalue weighted by Gasteiger charge is -2.14. The predicted molar refractivity (Wildman–Crippen MR) is 91.2 cm³/mol. The summed E-state index contributed by atoms with van der Waals surface area (Å²) in [6.45, 7) is 0. The Morgan fingerprint density at radius 1 is 0.750 bits per heavy atom. The molecule has 0 aliphatic carbocycles. The van der Waals surface area contributed by atoms with E-state index in [0.717, 1.165) is 20.8 Å². The Kier molecular flexibility index (Phi) is 4.02. The van der Waals surface area contributed by atoms with Crippen molar-refractivity contribution in [1.29, 1.82) is 0 Å². The Bertz CT molecular complexity index is 751. The molecule has 0 nitrogen and oxygen atoms in total. The summed E-state index contributed by atoms with van der Waals surface area (Å²) in [5.41, 5.74) is 2.37. The van der Waals surface area contributed by atoms with Crippen molar-refractivity contribution in [3.63, 3.8) is 0 Å². The number of rotatable bonds is 2. The highest BCUT2D eigenvalue weighted by Crippen LogP contribution is 2.37. The molecule has 0 aliphatic heterocycles. The van der Waals surface area contributed by atoms with E-state index in [1.807, 2.05) is 48.5 Å². The van der Waals surface area contributed by atoms with Gasteiger partial charge in [-0.1, -0.05) is 81.6 Å². The summed E-state index contributed by atoms with van der Waals surface area (Å²) in [4.78, 5) is 0.113. The summed E-state index contributed by atoms with van der Waals surface area (Å²) in [5, 5.41) is 3.76. The summed E-state index contributed by atoms with van der Waals surface area (Å²) < 4.78 is 0. The van der Waals surface area contributed by atoms with Crippen molar-refractivity contribution in [2.24, 2.45) is 0 Å². The van der Waals surface area contributed by atoms with Crippen molar-refractivity contribution in [2.75, 3.05) is 0 Å². The van der Waals surface area contributed by atoms with Gasteiger partial charge < -0.3 is 0 Å². The van der Waals surface area contributed by atoms with Crippen LogP contribution in [0.3, 0.4) is 0 Å². The predicted octanol–water partition coefficient (Wildman–Crippen LogP) is 6.63. The summed E-state index contributed by atoms with van der Waals surface area (Å²) in [5.74, 6) is 0. The van der Waals surface area contributed by atoms with E-state index in [-0.39, 0.29) is 4.83 Å². The first-order valence-electron chi connectivity index (χ1n) is 6.23. The lowest BCUT2D eigenvalue weighted by molar-refractivity contribution is 1.20. The van der Waals surface area contributed by atoms with Gasteiger partial charge in [-0.15, -0.1) is 0 Å². The number of fused-ring (bicyclic) bond motifs is 1. The van der Waals surface area contributed by atoms with Crippen LogP contribution in [-0.4, -0.2) is 0 Å². The summed E-state index contributed by atoms with van der Waals surface area (Å²) in [6.07, 6.45) is 0. The van der Waals surface area contributed by atoms with Crippen LogP contribution in [-0.2, 0) is 0 Å². The number of alkyl halides is 1. The maximum absolute atomic E-state index is 6.27. The van der Waals surface area contributed by atoms with E-state index in [1.165, 1.54) is 11.1 Å². The van der Waals surface area contributed by atoms with Crippen LogP contribution in [0, 0.1) is 0 Å². The molecule has 1 atom stereocenters. The molecule has 100 valence electrons. The molecule has 1 unspecified atom stereocenters. The van der Waals surface area contributed by atoms with Crippen molar-refractivity contribution in [3.05, 3.63) is 81.8 Å². The molecule has 3 heteroatoms. The van der Waals surface area contributed by atoms with Crippen molar-refractivity contribution >= 4 is 49.9 Å². The van der Waals surface area contributed by atoms with Crippen LogP contribution in [0.25, 0.3) is 10.8 Å². The zero-order valence-electron chi connectivity index (χ0n) is 10.5. The maximum atomic E-state index is 6.27. The largest absolute Gasteiger partial charge is 0.0843 e. The van der Waals surface area contributed by atoms with Gasteiger partial charge in [0.1, 0.15) is 0 Å².